The van der Waals surface area contributed by atoms with Crippen molar-refractivity contribution in [2.75, 3.05) is 0 Å². The zero-order chi connectivity index (χ0) is 7.28. The Morgan fingerprint density at radius 3 is 2.33 bits per heavy atom. The van der Waals surface area contributed by atoms with Gasteiger partial charge in [0.05, 0.1) is 0 Å². The zero-order valence-corrected chi connectivity index (χ0v) is 6.31. The Morgan fingerprint density at radius 2 is 2.00 bits per heavy atom. The Labute approximate surface area is 56.8 Å². The molecule has 0 N–H and O–H groups in total. The molecule has 9 heavy (non-hydrogen) atoms. The molecule has 0 aliphatic rings. The van der Waals surface area contributed by atoms with Gasteiger partial charge in [-0.3, -0.25) is 4.99 Å². The molecule has 0 rings (SSSR count). The normalized spacial score (nSPS) is 12.6. The van der Waals surface area contributed by atoms with Crippen LogP contribution < -0.4 is 0 Å². The second-order valence-electron chi connectivity index (χ2n) is 2.02. The topological polar surface area (TPSA) is 12.4 Å². The summed E-state index contributed by atoms with van der Waals surface area (Å²) in [6.07, 6.45) is 3.72. The molecule has 0 saturated heterocycles. The highest BCUT2D eigenvalue weighted by Crippen LogP contribution is 1.98. The molecule has 0 spiro atoms. The van der Waals surface area contributed by atoms with E-state index < -0.39 is 0 Å². The van der Waals surface area contributed by atoms with Gasteiger partial charge in [-0.1, -0.05) is 12.2 Å². The van der Waals surface area contributed by atoms with Crippen molar-refractivity contribution in [2.45, 2.75) is 20.8 Å². The third-order valence-electron chi connectivity index (χ3n) is 0.788. The largest absolute Gasteiger partial charge is 0.266 e. The number of rotatable bonds is 2. The Morgan fingerprint density at radius 1 is 1.44 bits per heavy atom. The summed E-state index contributed by atoms with van der Waals surface area (Å²) in [7, 11) is 0. The highest BCUT2D eigenvalue weighted by Gasteiger charge is 1.79. The van der Waals surface area contributed by atoms with Gasteiger partial charge in [0.2, 0.25) is 0 Å². The molecule has 0 aliphatic carbocycles. The minimum atomic E-state index is 1.00. The van der Waals surface area contributed by atoms with Gasteiger partial charge in [0.1, 0.15) is 0 Å². The molecule has 0 saturated carbocycles. The molecule has 0 bridgehead atoms. The smallest absolute Gasteiger partial charge is 0.0371 e. The molecule has 0 amide bonds. The molecule has 0 unspecified atom stereocenters. The van der Waals surface area contributed by atoms with E-state index in [1.165, 1.54) is 0 Å². The molecule has 50 valence electrons. The summed E-state index contributed by atoms with van der Waals surface area (Å²) in [6.45, 7) is 9.53. The Balaban J connectivity index is 4.00. The predicted molar refractivity (Wildman–Crippen MR) is 42.7 cm³/mol. The third-order valence-corrected chi connectivity index (χ3v) is 0.788. The summed E-state index contributed by atoms with van der Waals surface area (Å²) in [5.41, 5.74) is 2.04. The van der Waals surface area contributed by atoms with Crippen molar-refractivity contribution < 1.29 is 0 Å². The van der Waals surface area contributed by atoms with Crippen molar-refractivity contribution in [1.82, 2.24) is 0 Å². The zero-order valence-electron chi connectivity index (χ0n) is 6.31. The van der Waals surface area contributed by atoms with Gasteiger partial charge >= 0.3 is 0 Å². The van der Waals surface area contributed by atoms with Gasteiger partial charge in [-0.05, 0) is 26.8 Å². The van der Waals surface area contributed by atoms with E-state index in [4.69, 9.17) is 0 Å². The molecule has 0 aromatic carbocycles. The lowest BCUT2D eigenvalue weighted by Crippen LogP contribution is -1.70. The van der Waals surface area contributed by atoms with E-state index in [2.05, 4.69) is 11.6 Å². The maximum Gasteiger partial charge on any atom is 0.0371 e. The van der Waals surface area contributed by atoms with Gasteiger partial charge in [0.15, 0.2) is 0 Å². The van der Waals surface area contributed by atoms with Crippen LogP contribution >= 0.6 is 0 Å². The lowest BCUT2D eigenvalue weighted by atomic mass is 10.3. The van der Waals surface area contributed by atoms with Crippen LogP contribution in [-0.2, 0) is 0 Å². The van der Waals surface area contributed by atoms with Crippen molar-refractivity contribution >= 4 is 6.21 Å². The summed E-state index contributed by atoms with van der Waals surface area (Å²) in [6, 6.07) is 0. The monoisotopic (exact) mass is 123 g/mol. The molecule has 0 aromatic heterocycles. The molecule has 0 aliphatic heterocycles. The number of allylic oxidation sites excluding steroid dienone is 3. The van der Waals surface area contributed by atoms with E-state index in [9.17, 15) is 0 Å². The highest BCUT2D eigenvalue weighted by molar-refractivity contribution is 5.55. The standard InChI is InChI=1S/C8H13N/c1-5-9-8(4)6-7(2)3/h5-6H,2H2,1,3-4H3/b8-6-,9-5-. The first kappa shape index (κ1) is 8.15. The molecule has 0 atom stereocenters. The van der Waals surface area contributed by atoms with Crippen molar-refractivity contribution in [3.05, 3.63) is 23.9 Å². The second-order valence-corrected chi connectivity index (χ2v) is 2.02. The first-order valence-electron chi connectivity index (χ1n) is 2.99. The molecule has 0 aromatic rings. The van der Waals surface area contributed by atoms with Crippen LogP contribution in [0.1, 0.15) is 20.8 Å². The molecule has 1 heteroatoms. The van der Waals surface area contributed by atoms with Crippen LogP contribution in [0.2, 0.25) is 0 Å². The van der Waals surface area contributed by atoms with Crippen molar-refractivity contribution in [3.8, 4) is 0 Å². The Hall–Kier alpha value is -0.850. The van der Waals surface area contributed by atoms with E-state index in [1.807, 2.05) is 26.8 Å². The highest BCUT2D eigenvalue weighted by atomic mass is 14.7. The lowest BCUT2D eigenvalue weighted by Gasteiger charge is -1.88. The average molecular weight is 123 g/mol. The number of hydrogen-bond donors (Lipinski definition) is 0. The van der Waals surface area contributed by atoms with Gasteiger partial charge in [-0.15, -0.1) is 0 Å². The van der Waals surface area contributed by atoms with Gasteiger partial charge in [-0.2, -0.15) is 0 Å². The lowest BCUT2D eigenvalue weighted by molar-refractivity contribution is 1.29. The SMILES string of the molecule is C=C(C)/C=C(C)\N=C/C. The van der Waals surface area contributed by atoms with E-state index in [0.29, 0.717) is 0 Å². The van der Waals surface area contributed by atoms with Crippen LogP contribution in [0.4, 0.5) is 0 Å². The molecular formula is C8H13N. The fourth-order valence-electron chi connectivity index (χ4n) is 0.597. The van der Waals surface area contributed by atoms with Crippen molar-refractivity contribution in [3.63, 3.8) is 0 Å². The fourth-order valence-corrected chi connectivity index (χ4v) is 0.597. The van der Waals surface area contributed by atoms with Crippen molar-refractivity contribution in [2.24, 2.45) is 4.99 Å². The summed E-state index contributed by atoms with van der Waals surface area (Å²) >= 11 is 0. The van der Waals surface area contributed by atoms with Crippen LogP contribution in [0.5, 0.6) is 0 Å². The first-order chi connectivity index (χ1) is 4.16. The van der Waals surface area contributed by atoms with Gasteiger partial charge in [0.25, 0.3) is 0 Å². The summed E-state index contributed by atoms with van der Waals surface area (Å²) in [4.78, 5) is 4.04. The third kappa shape index (κ3) is 5.01. The van der Waals surface area contributed by atoms with Gasteiger partial charge in [0, 0.05) is 11.9 Å². The van der Waals surface area contributed by atoms with E-state index in [-0.39, 0.29) is 0 Å². The molecule has 0 fully saturated rings. The minimum Gasteiger partial charge on any atom is -0.266 e. The molecular weight excluding hydrogens is 110 g/mol. The first-order valence-corrected chi connectivity index (χ1v) is 2.99. The van der Waals surface area contributed by atoms with E-state index in [0.717, 1.165) is 11.3 Å². The summed E-state index contributed by atoms with van der Waals surface area (Å²) in [5.74, 6) is 0. The van der Waals surface area contributed by atoms with Crippen LogP contribution in [0.3, 0.4) is 0 Å². The van der Waals surface area contributed by atoms with Crippen molar-refractivity contribution in [1.29, 1.82) is 0 Å². The quantitative estimate of drug-likeness (QED) is 0.395. The average Bonchev–Trinajstić information content (AvgIpc) is 1.63. The predicted octanol–water partition coefficient (Wildman–Crippen LogP) is 2.56. The Bertz CT molecular complexity index is 152. The summed E-state index contributed by atoms with van der Waals surface area (Å²) in [5, 5.41) is 0. The van der Waals surface area contributed by atoms with Gasteiger partial charge in [-0.25, -0.2) is 0 Å². The number of hydrogen-bond acceptors (Lipinski definition) is 1. The molecule has 1 nitrogen and oxygen atoms in total. The second kappa shape index (κ2) is 4.07. The summed E-state index contributed by atoms with van der Waals surface area (Å²) < 4.78 is 0. The van der Waals surface area contributed by atoms with Crippen LogP contribution in [0.15, 0.2) is 28.9 Å². The van der Waals surface area contributed by atoms with Crippen LogP contribution in [0.25, 0.3) is 0 Å². The molecule has 0 radical (unpaired) electrons. The minimum absolute atomic E-state index is 1.00. The number of nitrogens with zero attached hydrogens (tertiary/aromatic N) is 1. The van der Waals surface area contributed by atoms with Crippen LogP contribution in [-0.4, -0.2) is 6.21 Å². The van der Waals surface area contributed by atoms with Crippen LogP contribution in [0, 0.1) is 0 Å². The van der Waals surface area contributed by atoms with E-state index in [1.54, 1.807) is 6.21 Å². The molecule has 0 heterocycles. The van der Waals surface area contributed by atoms with Gasteiger partial charge < -0.3 is 0 Å². The fraction of sp³-hybridized carbons (Fsp3) is 0.375. The van der Waals surface area contributed by atoms with E-state index >= 15 is 0 Å². The Kier molecular flexibility index (Phi) is 3.69. The maximum atomic E-state index is 4.04. The maximum absolute atomic E-state index is 4.04. The number of aliphatic imine (C=N–C) groups is 1.